The molecule has 0 saturated carbocycles. The van der Waals surface area contributed by atoms with Gasteiger partial charge < -0.3 is 5.11 Å². The van der Waals surface area contributed by atoms with E-state index in [2.05, 4.69) is 39.9 Å². The zero-order valence-electron chi connectivity index (χ0n) is 10.9. The summed E-state index contributed by atoms with van der Waals surface area (Å²) in [6.07, 6.45) is 7.13. The van der Waals surface area contributed by atoms with Crippen molar-refractivity contribution >= 4 is 8.07 Å². The highest BCUT2D eigenvalue weighted by Gasteiger charge is 2.42. The quantitative estimate of drug-likeness (QED) is 0.559. The Morgan fingerprint density at radius 2 is 1.87 bits per heavy atom. The number of aliphatic hydroxyl groups excluding tert-OH is 1. The van der Waals surface area contributed by atoms with Crippen LogP contribution in [-0.2, 0) is 0 Å². The van der Waals surface area contributed by atoms with Gasteiger partial charge in [-0.15, -0.1) is 0 Å². The van der Waals surface area contributed by atoms with Crippen LogP contribution in [0.1, 0.15) is 46.5 Å². The molecule has 15 heavy (non-hydrogen) atoms. The van der Waals surface area contributed by atoms with Crippen molar-refractivity contribution in [3.8, 4) is 0 Å². The summed E-state index contributed by atoms with van der Waals surface area (Å²) < 4.78 is 0. The lowest BCUT2D eigenvalue weighted by molar-refractivity contribution is 0.264. The molecule has 0 fully saturated rings. The normalized spacial score (nSPS) is 21.1. The minimum absolute atomic E-state index is 0.141. The minimum Gasteiger partial charge on any atom is -0.392 e. The lowest BCUT2D eigenvalue weighted by atomic mass is 10.0. The van der Waals surface area contributed by atoms with Gasteiger partial charge in [-0.1, -0.05) is 39.9 Å². The van der Waals surface area contributed by atoms with Crippen LogP contribution in [0.3, 0.4) is 0 Å². The van der Waals surface area contributed by atoms with Gasteiger partial charge in [-0.25, -0.2) is 0 Å². The molecule has 2 heteroatoms. The third-order valence-corrected chi connectivity index (χ3v) is 9.90. The minimum atomic E-state index is -1.61. The van der Waals surface area contributed by atoms with E-state index in [0.717, 1.165) is 6.42 Å². The zero-order chi connectivity index (χ0) is 11.7. The first-order chi connectivity index (χ1) is 6.77. The Kier molecular flexibility index (Phi) is 3.83. The van der Waals surface area contributed by atoms with Crippen LogP contribution in [0.5, 0.6) is 0 Å². The molecule has 1 aliphatic rings. The standard InChI is InChI=1S/C13H26OSi/c1-13(2,3)15(4,5)12(14)11-9-7-6-8-10-11/h9,12,14H,6-8,10H2,1-5H3. The Morgan fingerprint density at radius 1 is 1.27 bits per heavy atom. The highest BCUT2D eigenvalue weighted by Crippen LogP contribution is 2.41. The van der Waals surface area contributed by atoms with E-state index in [1.165, 1.54) is 24.8 Å². The molecule has 0 saturated heterocycles. The van der Waals surface area contributed by atoms with Gasteiger partial charge in [0.2, 0.25) is 0 Å². The SMILES string of the molecule is CC(C)(C)[Si](C)(C)C(O)C1=CCCCC1. The molecule has 88 valence electrons. The third-order valence-electron chi connectivity index (χ3n) is 4.29. The third kappa shape index (κ3) is 2.73. The predicted octanol–water partition coefficient (Wildman–Crippen LogP) is 3.90. The van der Waals surface area contributed by atoms with Crippen molar-refractivity contribution < 1.29 is 5.11 Å². The molecular weight excluding hydrogens is 200 g/mol. The van der Waals surface area contributed by atoms with Crippen molar-refractivity contribution in [2.24, 2.45) is 0 Å². The Labute approximate surface area is 95.6 Å². The molecule has 0 amide bonds. The maximum Gasteiger partial charge on any atom is 0.0917 e. The van der Waals surface area contributed by atoms with Gasteiger partial charge in [0.05, 0.1) is 13.8 Å². The summed E-state index contributed by atoms with van der Waals surface area (Å²) in [5, 5.41) is 10.8. The molecular formula is C13H26OSi. The van der Waals surface area contributed by atoms with E-state index in [4.69, 9.17) is 0 Å². The van der Waals surface area contributed by atoms with Crippen LogP contribution in [-0.4, -0.2) is 18.9 Å². The summed E-state index contributed by atoms with van der Waals surface area (Å²) in [4.78, 5) is 0. The summed E-state index contributed by atoms with van der Waals surface area (Å²) in [6, 6.07) is 0. The van der Waals surface area contributed by atoms with Crippen molar-refractivity contribution in [1.29, 1.82) is 0 Å². The zero-order valence-corrected chi connectivity index (χ0v) is 11.9. The van der Waals surface area contributed by atoms with Gasteiger partial charge >= 0.3 is 0 Å². The predicted molar refractivity (Wildman–Crippen MR) is 69.8 cm³/mol. The van der Waals surface area contributed by atoms with Crippen molar-refractivity contribution in [3.63, 3.8) is 0 Å². The Morgan fingerprint density at radius 3 is 2.27 bits per heavy atom. The Balaban J connectivity index is 2.83. The molecule has 1 unspecified atom stereocenters. The molecule has 0 aliphatic heterocycles. The van der Waals surface area contributed by atoms with E-state index in [9.17, 15) is 5.11 Å². The first-order valence-electron chi connectivity index (χ1n) is 6.14. The van der Waals surface area contributed by atoms with Crippen molar-refractivity contribution in [3.05, 3.63) is 11.6 Å². The van der Waals surface area contributed by atoms with Crippen LogP contribution in [0.4, 0.5) is 0 Å². The van der Waals surface area contributed by atoms with Crippen LogP contribution in [0.25, 0.3) is 0 Å². The smallest absolute Gasteiger partial charge is 0.0917 e. The molecule has 1 rings (SSSR count). The number of allylic oxidation sites excluding steroid dienone is 1. The van der Waals surface area contributed by atoms with Gasteiger partial charge in [-0.3, -0.25) is 0 Å². The molecule has 1 nitrogen and oxygen atoms in total. The maximum atomic E-state index is 10.5. The van der Waals surface area contributed by atoms with E-state index in [0.29, 0.717) is 0 Å². The lowest BCUT2D eigenvalue weighted by Gasteiger charge is -2.42. The van der Waals surface area contributed by atoms with Crippen LogP contribution in [0, 0.1) is 0 Å². The molecule has 0 heterocycles. The molecule has 0 radical (unpaired) electrons. The monoisotopic (exact) mass is 226 g/mol. The van der Waals surface area contributed by atoms with Crippen LogP contribution in [0.2, 0.25) is 18.1 Å². The molecule has 0 spiro atoms. The number of hydrogen-bond acceptors (Lipinski definition) is 1. The van der Waals surface area contributed by atoms with E-state index >= 15 is 0 Å². The summed E-state index contributed by atoms with van der Waals surface area (Å²) in [7, 11) is -1.61. The fourth-order valence-corrected chi connectivity index (χ4v) is 3.99. The van der Waals surface area contributed by atoms with E-state index < -0.39 is 8.07 Å². The van der Waals surface area contributed by atoms with Gasteiger partial charge in [0.15, 0.2) is 0 Å². The van der Waals surface area contributed by atoms with Crippen LogP contribution < -0.4 is 0 Å². The van der Waals surface area contributed by atoms with Crippen LogP contribution in [0.15, 0.2) is 11.6 Å². The van der Waals surface area contributed by atoms with Gasteiger partial charge in [-0.05, 0) is 36.3 Å². The highest BCUT2D eigenvalue weighted by molar-refractivity contribution is 6.81. The van der Waals surface area contributed by atoms with Crippen LogP contribution >= 0.6 is 0 Å². The maximum absolute atomic E-state index is 10.5. The van der Waals surface area contributed by atoms with Gasteiger partial charge in [-0.2, -0.15) is 0 Å². The fourth-order valence-electron chi connectivity index (χ4n) is 1.98. The van der Waals surface area contributed by atoms with E-state index in [1.807, 2.05) is 0 Å². The Hall–Kier alpha value is -0.0831. The Bertz CT molecular complexity index is 248. The average molecular weight is 226 g/mol. The summed E-state index contributed by atoms with van der Waals surface area (Å²) in [5.41, 5.74) is 1.19. The number of hydrogen-bond donors (Lipinski definition) is 1. The van der Waals surface area contributed by atoms with Crippen molar-refractivity contribution in [2.45, 2.75) is 70.3 Å². The lowest BCUT2D eigenvalue weighted by Crippen LogP contribution is -2.50. The first kappa shape index (κ1) is 13.0. The molecule has 0 aromatic heterocycles. The molecule has 0 bridgehead atoms. The fraction of sp³-hybridized carbons (Fsp3) is 0.846. The van der Waals surface area contributed by atoms with Gasteiger partial charge in [0.1, 0.15) is 0 Å². The highest BCUT2D eigenvalue weighted by atomic mass is 28.3. The summed E-state index contributed by atoms with van der Waals surface area (Å²) in [5.74, 6) is 0. The van der Waals surface area contributed by atoms with E-state index in [-0.39, 0.29) is 10.8 Å². The van der Waals surface area contributed by atoms with E-state index in [1.54, 1.807) is 0 Å². The van der Waals surface area contributed by atoms with Crippen molar-refractivity contribution in [1.82, 2.24) is 0 Å². The summed E-state index contributed by atoms with van der Waals surface area (Å²) in [6.45, 7) is 11.4. The molecule has 1 N–H and O–H groups in total. The molecule has 0 aromatic rings. The van der Waals surface area contributed by atoms with Crippen molar-refractivity contribution in [2.75, 3.05) is 0 Å². The largest absolute Gasteiger partial charge is 0.392 e. The number of aliphatic hydroxyl groups is 1. The van der Waals surface area contributed by atoms with Gasteiger partial charge in [0.25, 0.3) is 0 Å². The average Bonchev–Trinajstić information content (AvgIpc) is 2.16. The topological polar surface area (TPSA) is 20.2 Å². The summed E-state index contributed by atoms with van der Waals surface area (Å²) >= 11 is 0. The first-order valence-corrected chi connectivity index (χ1v) is 9.21. The molecule has 0 aromatic carbocycles. The molecule has 1 aliphatic carbocycles. The second-order valence-corrected chi connectivity index (χ2v) is 11.9. The second kappa shape index (κ2) is 4.42. The number of rotatable bonds is 2. The second-order valence-electron chi connectivity index (χ2n) is 6.40. The van der Waals surface area contributed by atoms with Gasteiger partial charge in [0, 0.05) is 0 Å². The molecule has 1 atom stereocenters.